The molecule has 1 atom stereocenters. The first-order valence-corrected chi connectivity index (χ1v) is 7.33. The highest BCUT2D eigenvalue weighted by atomic mass is 35.5. The van der Waals surface area contributed by atoms with Gasteiger partial charge in [0.1, 0.15) is 0 Å². The van der Waals surface area contributed by atoms with Crippen LogP contribution in [0, 0.1) is 0 Å². The van der Waals surface area contributed by atoms with E-state index < -0.39 is 17.5 Å². The highest BCUT2D eigenvalue weighted by Gasteiger charge is 2.43. The molecular weight excluding hydrogens is 304 g/mol. The lowest BCUT2D eigenvalue weighted by Gasteiger charge is -2.23. The van der Waals surface area contributed by atoms with E-state index in [1.165, 1.54) is 11.3 Å². The second-order valence-electron chi connectivity index (χ2n) is 4.53. The third-order valence-electron chi connectivity index (χ3n) is 3.07. The number of halogens is 1. The van der Waals surface area contributed by atoms with Crippen molar-refractivity contribution in [2.45, 2.75) is 18.4 Å². The summed E-state index contributed by atoms with van der Waals surface area (Å²) in [5.41, 5.74) is -1.31. The van der Waals surface area contributed by atoms with Gasteiger partial charge in [0, 0.05) is 24.4 Å². The molecule has 110 valence electrons. The van der Waals surface area contributed by atoms with Gasteiger partial charge in [-0.25, -0.2) is 9.59 Å². The number of ether oxygens (including phenoxy) is 1. The van der Waals surface area contributed by atoms with Crippen molar-refractivity contribution in [3.63, 3.8) is 0 Å². The van der Waals surface area contributed by atoms with E-state index in [0.717, 1.165) is 4.88 Å². The Hall–Kier alpha value is -1.31. The molecule has 0 radical (unpaired) electrons. The normalized spacial score (nSPS) is 21.6. The number of amides is 2. The van der Waals surface area contributed by atoms with Crippen molar-refractivity contribution in [3.8, 4) is 0 Å². The summed E-state index contributed by atoms with van der Waals surface area (Å²) in [6.45, 7) is 0.746. The van der Waals surface area contributed by atoms with Gasteiger partial charge >= 0.3 is 12.0 Å². The van der Waals surface area contributed by atoms with Crippen LogP contribution in [0.5, 0.6) is 0 Å². The van der Waals surface area contributed by atoms with E-state index in [2.05, 4.69) is 10.6 Å². The van der Waals surface area contributed by atoms with Crippen molar-refractivity contribution in [2.24, 2.45) is 0 Å². The highest BCUT2D eigenvalue weighted by Crippen LogP contribution is 2.21. The highest BCUT2D eigenvalue weighted by molar-refractivity contribution is 7.16. The molecule has 2 rings (SSSR count). The maximum atomic E-state index is 11.7. The summed E-state index contributed by atoms with van der Waals surface area (Å²) in [4.78, 5) is 24.0. The summed E-state index contributed by atoms with van der Waals surface area (Å²) in [6, 6.07) is 3.20. The van der Waals surface area contributed by atoms with Crippen LogP contribution in [0.25, 0.3) is 0 Å². The van der Waals surface area contributed by atoms with E-state index in [0.29, 0.717) is 23.9 Å². The van der Waals surface area contributed by atoms with Gasteiger partial charge in [-0.05, 0) is 18.6 Å². The third kappa shape index (κ3) is 3.62. The second-order valence-corrected chi connectivity index (χ2v) is 6.33. The molecule has 0 bridgehead atoms. The van der Waals surface area contributed by atoms with Crippen LogP contribution >= 0.6 is 22.9 Å². The molecule has 8 heteroatoms. The van der Waals surface area contributed by atoms with Crippen molar-refractivity contribution in [1.82, 2.24) is 10.6 Å². The number of rotatable bonds is 5. The molecule has 0 aliphatic carbocycles. The van der Waals surface area contributed by atoms with Gasteiger partial charge in [0.25, 0.3) is 0 Å². The molecule has 1 aromatic rings. The van der Waals surface area contributed by atoms with Crippen LogP contribution in [-0.2, 0) is 16.0 Å². The van der Waals surface area contributed by atoms with Crippen molar-refractivity contribution in [2.75, 3.05) is 19.8 Å². The van der Waals surface area contributed by atoms with Gasteiger partial charge in [-0.2, -0.15) is 0 Å². The Morgan fingerprint density at radius 2 is 2.30 bits per heavy atom. The molecule has 1 aliphatic rings. The number of nitrogens with one attached hydrogen (secondary N) is 2. The molecule has 1 aliphatic heterocycles. The topological polar surface area (TPSA) is 87.7 Å². The van der Waals surface area contributed by atoms with E-state index >= 15 is 0 Å². The Balaban J connectivity index is 1.78. The van der Waals surface area contributed by atoms with E-state index in [-0.39, 0.29) is 13.0 Å². The Morgan fingerprint density at radius 1 is 1.50 bits per heavy atom. The number of carboxylic acid groups (broad SMARTS) is 1. The van der Waals surface area contributed by atoms with E-state index in [1.54, 1.807) is 6.07 Å². The number of hydrogen-bond acceptors (Lipinski definition) is 4. The van der Waals surface area contributed by atoms with Crippen LogP contribution in [0.2, 0.25) is 4.34 Å². The summed E-state index contributed by atoms with van der Waals surface area (Å²) in [6.07, 6.45) is 0.928. The number of aliphatic carboxylic acids is 1. The van der Waals surface area contributed by atoms with Gasteiger partial charge in [0.15, 0.2) is 5.54 Å². The zero-order valence-corrected chi connectivity index (χ0v) is 12.2. The molecule has 0 spiro atoms. The lowest BCUT2D eigenvalue weighted by molar-refractivity contribution is -0.144. The monoisotopic (exact) mass is 318 g/mol. The van der Waals surface area contributed by atoms with Crippen LogP contribution in [-0.4, -0.2) is 42.4 Å². The molecule has 1 unspecified atom stereocenters. The van der Waals surface area contributed by atoms with Crippen LogP contribution in [0.1, 0.15) is 11.3 Å². The van der Waals surface area contributed by atoms with Gasteiger partial charge in [0.2, 0.25) is 0 Å². The minimum Gasteiger partial charge on any atom is -0.479 e. The fourth-order valence-corrected chi connectivity index (χ4v) is 3.02. The largest absolute Gasteiger partial charge is 0.479 e. The van der Waals surface area contributed by atoms with Crippen LogP contribution in [0.3, 0.4) is 0 Å². The number of hydrogen-bond donors (Lipinski definition) is 3. The zero-order valence-electron chi connectivity index (χ0n) is 10.6. The van der Waals surface area contributed by atoms with E-state index in [4.69, 9.17) is 16.3 Å². The lowest BCUT2D eigenvalue weighted by Crippen LogP contribution is -2.57. The third-order valence-corrected chi connectivity index (χ3v) is 4.36. The Labute approximate surface area is 125 Å². The van der Waals surface area contributed by atoms with Crippen molar-refractivity contribution >= 4 is 34.9 Å². The summed E-state index contributed by atoms with van der Waals surface area (Å²) in [5, 5.41) is 14.3. The van der Waals surface area contributed by atoms with Crippen molar-refractivity contribution in [3.05, 3.63) is 21.3 Å². The van der Waals surface area contributed by atoms with Gasteiger partial charge in [-0.1, -0.05) is 11.6 Å². The average molecular weight is 319 g/mol. The Bertz CT molecular complexity index is 499. The molecule has 1 fully saturated rings. The smallest absolute Gasteiger partial charge is 0.332 e. The van der Waals surface area contributed by atoms with Crippen LogP contribution in [0.4, 0.5) is 4.79 Å². The van der Waals surface area contributed by atoms with Crippen LogP contribution < -0.4 is 10.6 Å². The number of carbonyl (C=O) groups is 2. The number of thiophene rings is 1. The standard InChI is InChI=1S/C12H15ClN2O4S/c13-9-2-1-8(20-9)3-5-14-11(18)15-12(10(16)17)4-6-19-7-12/h1-2H,3-7H2,(H,16,17)(H2,14,15,18). The first kappa shape index (κ1) is 15.1. The fraction of sp³-hybridized carbons (Fsp3) is 0.500. The first-order valence-electron chi connectivity index (χ1n) is 6.13. The summed E-state index contributed by atoms with van der Waals surface area (Å²) in [5.74, 6) is -1.07. The molecule has 1 aromatic heterocycles. The van der Waals surface area contributed by atoms with Gasteiger partial charge in [-0.15, -0.1) is 11.3 Å². The molecule has 2 heterocycles. The minimum absolute atomic E-state index is 0.00368. The molecular formula is C12H15ClN2O4S. The summed E-state index contributed by atoms with van der Waals surface area (Å²) < 4.78 is 5.77. The fourth-order valence-electron chi connectivity index (χ4n) is 1.93. The predicted molar refractivity (Wildman–Crippen MR) is 75.4 cm³/mol. The first-order chi connectivity index (χ1) is 9.52. The zero-order chi connectivity index (χ0) is 14.6. The second kappa shape index (κ2) is 6.43. The Kier molecular flexibility index (Phi) is 4.85. The van der Waals surface area contributed by atoms with Gasteiger partial charge in [0.05, 0.1) is 10.9 Å². The molecule has 0 aromatic carbocycles. The van der Waals surface area contributed by atoms with Gasteiger partial charge in [-0.3, -0.25) is 0 Å². The maximum absolute atomic E-state index is 11.7. The number of urea groups is 1. The molecule has 3 N–H and O–H groups in total. The van der Waals surface area contributed by atoms with E-state index in [9.17, 15) is 14.7 Å². The van der Waals surface area contributed by atoms with Crippen molar-refractivity contribution in [1.29, 1.82) is 0 Å². The lowest BCUT2D eigenvalue weighted by atomic mass is 9.99. The van der Waals surface area contributed by atoms with Gasteiger partial charge < -0.3 is 20.5 Å². The SMILES string of the molecule is O=C(NCCc1ccc(Cl)s1)NC1(C(=O)O)CCOC1. The Morgan fingerprint density at radius 3 is 2.85 bits per heavy atom. The summed E-state index contributed by atoms with van der Waals surface area (Å²) in [7, 11) is 0. The van der Waals surface area contributed by atoms with Crippen LogP contribution in [0.15, 0.2) is 12.1 Å². The maximum Gasteiger partial charge on any atom is 0.332 e. The average Bonchev–Trinajstić information content (AvgIpc) is 2.99. The number of carbonyl (C=O) groups excluding carboxylic acids is 1. The van der Waals surface area contributed by atoms with Crippen molar-refractivity contribution < 1.29 is 19.4 Å². The predicted octanol–water partition coefficient (Wildman–Crippen LogP) is 1.49. The van der Waals surface area contributed by atoms with E-state index in [1.807, 2.05) is 6.07 Å². The molecule has 1 saturated heterocycles. The molecule has 6 nitrogen and oxygen atoms in total. The quantitative estimate of drug-likeness (QED) is 0.767. The molecule has 20 heavy (non-hydrogen) atoms. The summed E-state index contributed by atoms with van der Waals surface area (Å²) >= 11 is 7.26. The molecule has 0 saturated carbocycles. The minimum atomic E-state index is -1.31. The molecule has 2 amide bonds. The number of carboxylic acids is 1.